The van der Waals surface area contributed by atoms with Crippen molar-refractivity contribution in [3.63, 3.8) is 0 Å². The van der Waals surface area contributed by atoms with Gasteiger partial charge in [0, 0.05) is 48.5 Å². The first kappa shape index (κ1) is 32.9. The van der Waals surface area contributed by atoms with Crippen LogP contribution in [0, 0.1) is 0 Å². The Morgan fingerprint density at radius 3 is 0.519 bits per heavy atom. The normalized spacial score (nSPS) is 25.6. The molecule has 6 aliphatic rings. The molecule has 2 fully saturated rings. The summed E-state index contributed by atoms with van der Waals surface area (Å²) < 4.78 is 9.11. The van der Waals surface area contributed by atoms with Crippen LogP contribution in [0.15, 0.2) is 147 Å². The molecule has 0 amide bonds. The predicted molar refractivity (Wildman–Crippen MR) is 204 cm³/mol. The second-order valence-corrected chi connectivity index (χ2v) is 15.4. The van der Waals surface area contributed by atoms with Gasteiger partial charge in [-0.2, -0.15) is 0 Å². The Labute approximate surface area is 309 Å². The van der Waals surface area contributed by atoms with Crippen molar-refractivity contribution in [1.29, 1.82) is 0 Å². The third-order valence-electron chi connectivity index (χ3n) is 13.2. The number of hydrogen-bond acceptors (Lipinski definition) is 0. The van der Waals surface area contributed by atoms with Crippen molar-refractivity contribution in [3.05, 3.63) is 191 Å². The number of rotatable bonds is 8. The van der Waals surface area contributed by atoms with Gasteiger partial charge in [0.1, 0.15) is 26.2 Å². The molecular formula is C48H52N4+4. The predicted octanol–water partition coefficient (Wildman–Crippen LogP) is 8.13. The van der Waals surface area contributed by atoms with E-state index in [9.17, 15) is 0 Å². The monoisotopic (exact) mass is 684 g/mol. The van der Waals surface area contributed by atoms with Gasteiger partial charge in [0.05, 0.1) is 0 Å². The summed E-state index contributed by atoms with van der Waals surface area (Å²) in [5.74, 6) is 3.18. The first-order chi connectivity index (χ1) is 25.6. The molecule has 4 bridgehead atoms. The Balaban J connectivity index is 1.18. The van der Waals surface area contributed by atoms with Crippen LogP contribution in [0.1, 0.15) is 120 Å². The van der Waals surface area contributed by atoms with Gasteiger partial charge in [0.15, 0.2) is 49.6 Å². The lowest BCUT2D eigenvalue weighted by atomic mass is 9.47. The van der Waals surface area contributed by atoms with Gasteiger partial charge >= 0.3 is 0 Å². The maximum Gasteiger partial charge on any atom is 0.169 e. The molecule has 0 saturated heterocycles. The molecule has 12 rings (SSSR count). The molecule has 4 aromatic heterocycles. The van der Waals surface area contributed by atoms with E-state index in [1.165, 1.54) is 44.5 Å². The number of aromatic nitrogens is 4. The summed E-state index contributed by atoms with van der Waals surface area (Å²) in [7, 11) is 0. The summed E-state index contributed by atoms with van der Waals surface area (Å²) in [6.45, 7) is 12.8. The number of aryl methyl sites for hydroxylation is 4. The van der Waals surface area contributed by atoms with E-state index < -0.39 is 0 Å². The van der Waals surface area contributed by atoms with Crippen LogP contribution in [0.3, 0.4) is 0 Å². The topological polar surface area (TPSA) is 15.5 Å². The van der Waals surface area contributed by atoms with Gasteiger partial charge in [-0.1, -0.05) is 48.5 Å². The van der Waals surface area contributed by atoms with Crippen LogP contribution in [0.5, 0.6) is 0 Å². The molecular weight excluding hydrogens is 633 g/mol. The molecule has 4 heterocycles. The Kier molecular flexibility index (Phi) is 8.57. The lowest BCUT2D eigenvalue weighted by Gasteiger charge is -2.55. The summed E-state index contributed by atoms with van der Waals surface area (Å²) >= 11 is 0. The second kappa shape index (κ2) is 13.5. The highest BCUT2D eigenvalue weighted by molar-refractivity contribution is 5.53. The van der Waals surface area contributed by atoms with E-state index in [4.69, 9.17) is 0 Å². The van der Waals surface area contributed by atoms with E-state index in [-0.39, 0.29) is 0 Å². The molecule has 0 radical (unpaired) electrons. The summed E-state index contributed by atoms with van der Waals surface area (Å²) in [5, 5.41) is 0. The van der Waals surface area contributed by atoms with Crippen molar-refractivity contribution >= 4 is 0 Å². The Morgan fingerprint density at radius 2 is 0.385 bits per heavy atom. The molecule has 0 N–H and O–H groups in total. The fourth-order valence-corrected chi connectivity index (χ4v) is 10.3. The molecule has 4 heteroatoms. The highest BCUT2D eigenvalue weighted by Gasteiger charge is 2.55. The van der Waals surface area contributed by atoms with Gasteiger partial charge in [0.2, 0.25) is 0 Å². The Hall–Kier alpha value is -4.96. The third kappa shape index (κ3) is 5.41. The number of nitrogens with zero attached hydrogens (tertiary/aromatic N) is 4. The lowest BCUT2D eigenvalue weighted by Crippen LogP contribution is -2.43. The zero-order valence-corrected chi connectivity index (χ0v) is 31.1. The first-order valence-corrected chi connectivity index (χ1v) is 19.8. The average Bonchev–Trinajstić information content (AvgIpc) is 3.19. The standard InChI is InChI=1S/C48H52N4/c1-5-49-25-17-37(18-26-49)45-41-33-9-11-35(12-10-33)43-44(36-15-13-34(14-16-36)42(41)46(45)38-19-27-50(6-2)28-20-38)48(40-23-31-52(8-4)32-24-40)47(43)39-21-29-51(7-3)30-22-39/h9-32,41-48H,5-8H2,1-4H3/q+4. The van der Waals surface area contributed by atoms with E-state index in [1.54, 1.807) is 0 Å². The zero-order chi connectivity index (χ0) is 35.3. The van der Waals surface area contributed by atoms with Gasteiger partial charge in [-0.3, -0.25) is 0 Å². The molecule has 2 aromatic carbocycles. The van der Waals surface area contributed by atoms with E-state index in [1.807, 2.05) is 0 Å². The Morgan fingerprint density at radius 1 is 0.250 bits per heavy atom. The van der Waals surface area contributed by atoms with Gasteiger partial charge in [0.25, 0.3) is 0 Å². The number of hydrogen-bond donors (Lipinski definition) is 0. The molecule has 52 heavy (non-hydrogen) atoms. The van der Waals surface area contributed by atoms with Gasteiger partial charge in [-0.25, -0.2) is 18.3 Å². The smallest absolute Gasteiger partial charge is 0.169 e. The lowest BCUT2D eigenvalue weighted by molar-refractivity contribution is -0.693. The third-order valence-corrected chi connectivity index (χ3v) is 13.2. The average molecular weight is 685 g/mol. The number of benzene rings is 2. The van der Waals surface area contributed by atoms with Crippen molar-refractivity contribution in [2.45, 2.75) is 101 Å². The summed E-state index contributed by atoms with van der Waals surface area (Å²) in [6, 6.07) is 39.1. The van der Waals surface area contributed by atoms with Gasteiger partial charge in [-0.05, 0) is 120 Å². The van der Waals surface area contributed by atoms with Crippen molar-refractivity contribution in [2.24, 2.45) is 0 Å². The van der Waals surface area contributed by atoms with Crippen LogP contribution >= 0.6 is 0 Å². The number of pyridine rings is 4. The fourth-order valence-electron chi connectivity index (χ4n) is 10.3. The van der Waals surface area contributed by atoms with E-state index >= 15 is 0 Å². The van der Waals surface area contributed by atoms with Crippen LogP contribution in [-0.2, 0) is 26.2 Å². The van der Waals surface area contributed by atoms with E-state index in [0.29, 0.717) is 47.3 Å². The quantitative estimate of drug-likeness (QED) is 0.144. The minimum atomic E-state index is 0.397. The summed E-state index contributed by atoms with van der Waals surface area (Å²) in [5.41, 5.74) is 11.6. The van der Waals surface area contributed by atoms with Crippen molar-refractivity contribution in [3.8, 4) is 0 Å². The molecule has 6 aliphatic carbocycles. The largest absolute Gasteiger partial charge is 0.205 e. The molecule has 6 aromatic rings. The highest BCUT2D eigenvalue weighted by Crippen LogP contribution is 2.69. The van der Waals surface area contributed by atoms with Crippen LogP contribution < -0.4 is 18.3 Å². The highest BCUT2D eigenvalue weighted by atomic mass is 14.9. The first-order valence-electron chi connectivity index (χ1n) is 19.8. The zero-order valence-electron chi connectivity index (χ0n) is 31.1. The van der Waals surface area contributed by atoms with Crippen molar-refractivity contribution in [2.75, 3.05) is 0 Å². The second-order valence-electron chi connectivity index (χ2n) is 15.4. The van der Waals surface area contributed by atoms with E-state index in [0.717, 1.165) is 26.2 Å². The summed E-state index contributed by atoms with van der Waals surface area (Å²) in [6.07, 6.45) is 18.2. The molecule has 0 spiro atoms. The minimum absolute atomic E-state index is 0.397. The van der Waals surface area contributed by atoms with Crippen molar-refractivity contribution < 1.29 is 18.3 Å². The van der Waals surface area contributed by atoms with Gasteiger partial charge in [-0.15, -0.1) is 0 Å². The molecule has 4 nitrogen and oxygen atoms in total. The molecule has 2 saturated carbocycles. The van der Waals surface area contributed by atoms with Crippen LogP contribution in [0.4, 0.5) is 0 Å². The maximum absolute atomic E-state index is 2.50. The van der Waals surface area contributed by atoms with Crippen LogP contribution in [-0.4, -0.2) is 0 Å². The van der Waals surface area contributed by atoms with Gasteiger partial charge < -0.3 is 0 Å². The van der Waals surface area contributed by atoms with Crippen molar-refractivity contribution in [1.82, 2.24) is 0 Å². The molecule has 0 aliphatic heterocycles. The molecule has 8 atom stereocenters. The van der Waals surface area contributed by atoms with E-state index in [2.05, 4.69) is 193 Å². The van der Waals surface area contributed by atoms with Crippen LogP contribution in [0.25, 0.3) is 0 Å². The van der Waals surface area contributed by atoms with Crippen LogP contribution in [0.2, 0.25) is 0 Å². The fraction of sp³-hybridized carbons (Fsp3) is 0.333. The SMILES string of the molecule is CC[n+]1ccc(C2C3c4ccc(cc4)C4C(c5ccc(cc5)C3C2c2cc[n+](CC)cc2)C(c2cc[n+](CC)cc2)C4c2cc[n+](CC)cc2)cc1. The Bertz CT molecular complexity index is 1820. The summed E-state index contributed by atoms with van der Waals surface area (Å²) in [4.78, 5) is 0. The molecule has 8 unspecified atom stereocenters. The minimum Gasteiger partial charge on any atom is -0.205 e. The molecule has 260 valence electrons. The maximum atomic E-state index is 2.50.